The van der Waals surface area contributed by atoms with E-state index in [9.17, 15) is 13.5 Å². The summed E-state index contributed by atoms with van der Waals surface area (Å²) in [6.45, 7) is 5.68. The molecule has 0 spiro atoms. The third kappa shape index (κ3) is 3.07. The van der Waals surface area contributed by atoms with Crippen molar-refractivity contribution in [3.63, 3.8) is 0 Å². The summed E-state index contributed by atoms with van der Waals surface area (Å²) in [5.74, 6) is 0.453. The van der Waals surface area contributed by atoms with Gasteiger partial charge < -0.3 is 9.67 Å². The van der Waals surface area contributed by atoms with Crippen LogP contribution in [0.2, 0.25) is 0 Å². The average molecular weight is 300 g/mol. The fourth-order valence-electron chi connectivity index (χ4n) is 2.60. The summed E-state index contributed by atoms with van der Waals surface area (Å²) < 4.78 is 29.3. The summed E-state index contributed by atoms with van der Waals surface area (Å²) in [5.41, 5.74) is 0.622. The molecular formula is C14H24N2O3S. The van der Waals surface area contributed by atoms with Gasteiger partial charge in [0, 0.05) is 24.0 Å². The maximum atomic E-state index is 12.4. The molecule has 6 heteroatoms. The smallest absolute Gasteiger partial charge is 0.242 e. The van der Waals surface area contributed by atoms with E-state index in [0.717, 1.165) is 12.8 Å². The lowest BCUT2D eigenvalue weighted by Crippen LogP contribution is -2.40. The fourth-order valence-corrected chi connectivity index (χ4v) is 3.96. The second-order valence-corrected chi connectivity index (χ2v) is 7.64. The van der Waals surface area contributed by atoms with Crippen molar-refractivity contribution in [2.45, 2.75) is 63.6 Å². The number of aliphatic hydroxyl groups is 1. The highest BCUT2D eigenvalue weighted by Crippen LogP contribution is 2.30. The molecule has 0 bridgehead atoms. The van der Waals surface area contributed by atoms with Gasteiger partial charge in [-0.2, -0.15) is 0 Å². The molecule has 0 amide bonds. The van der Waals surface area contributed by atoms with Gasteiger partial charge in [0.1, 0.15) is 0 Å². The summed E-state index contributed by atoms with van der Waals surface area (Å²) >= 11 is 0. The number of aromatic nitrogens is 1. The zero-order valence-corrected chi connectivity index (χ0v) is 13.2. The zero-order valence-electron chi connectivity index (χ0n) is 12.3. The Labute approximate surface area is 121 Å². The van der Waals surface area contributed by atoms with E-state index < -0.39 is 10.0 Å². The Bertz CT molecular complexity index is 559. The van der Waals surface area contributed by atoms with Crippen molar-refractivity contribution in [2.75, 3.05) is 0 Å². The van der Waals surface area contributed by atoms with Crippen molar-refractivity contribution < 1.29 is 13.5 Å². The number of hydrogen-bond acceptors (Lipinski definition) is 3. The quantitative estimate of drug-likeness (QED) is 0.844. The Kier molecular flexibility index (Phi) is 4.56. The summed E-state index contributed by atoms with van der Waals surface area (Å²) in [4.78, 5) is 0.237. The van der Waals surface area contributed by atoms with Crippen LogP contribution in [0.25, 0.3) is 0 Å². The largest absolute Gasteiger partial charge is 0.390 e. The Morgan fingerprint density at radius 2 is 2.05 bits per heavy atom. The molecule has 1 saturated carbocycles. The Morgan fingerprint density at radius 1 is 1.40 bits per heavy atom. The second kappa shape index (κ2) is 5.87. The van der Waals surface area contributed by atoms with Crippen molar-refractivity contribution in [1.29, 1.82) is 0 Å². The minimum Gasteiger partial charge on any atom is -0.390 e. The van der Waals surface area contributed by atoms with Crippen molar-refractivity contribution in [3.8, 4) is 0 Å². The second-order valence-electron chi connectivity index (χ2n) is 5.93. The zero-order chi connectivity index (χ0) is 14.9. The summed E-state index contributed by atoms with van der Waals surface area (Å²) in [6.07, 6.45) is 4.98. The van der Waals surface area contributed by atoms with Gasteiger partial charge in [-0.3, -0.25) is 0 Å². The lowest BCUT2D eigenvalue weighted by Gasteiger charge is -2.31. The predicted octanol–water partition coefficient (Wildman–Crippen LogP) is 2.03. The molecule has 1 unspecified atom stereocenters. The molecule has 1 aliphatic carbocycles. The Balaban J connectivity index is 2.20. The molecule has 20 heavy (non-hydrogen) atoms. The van der Waals surface area contributed by atoms with E-state index in [0.29, 0.717) is 11.6 Å². The normalized spacial score (nSPS) is 18.2. The van der Waals surface area contributed by atoms with E-state index in [-0.39, 0.29) is 23.6 Å². The summed E-state index contributed by atoms with van der Waals surface area (Å²) in [7, 11) is -3.51. The van der Waals surface area contributed by atoms with E-state index in [4.69, 9.17) is 0 Å². The van der Waals surface area contributed by atoms with Crippen LogP contribution in [0.4, 0.5) is 0 Å². The van der Waals surface area contributed by atoms with E-state index >= 15 is 0 Å². The van der Waals surface area contributed by atoms with Gasteiger partial charge in [0.2, 0.25) is 10.0 Å². The van der Waals surface area contributed by atoms with Gasteiger partial charge in [-0.05, 0) is 45.6 Å². The molecule has 2 rings (SSSR count). The first-order chi connectivity index (χ1) is 9.35. The third-order valence-corrected chi connectivity index (χ3v) is 5.66. The molecule has 0 aromatic carbocycles. The fraction of sp³-hybridized carbons (Fsp3) is 0.714. The molecule has 1 aliphatic rings. The van der Waals surface area contributed by atoms with Gasteiger partial charge in [0.15, 0.2) is 0 Å². The molecule has 1 fully saturated rings. The Hall–Kier alpha value is -0.850. The highest BCUT2D eigenvalue weighted by Gasteiger charge is 2.28. The van der Waals surface area contributed by atoms with Crippen LogP contribution in [0.1, 0.15) is 51.8 Å². The number of sulfonamides is 1. The van der Waals surface area contributed by atoms with Crippen LogP contribution in [0.5, 0.6) is 0 Å². The summed E-state index contributed by atoms with van der Waals surface area (Å²) in [6, 6.07) is 1.63. The van der Waals surface area contributed by atoms with Crippen LogP contribution in [0.15, 0.2) is 17.2 Å². The lowest BCUT2D eigenvalue weighted by molar-refractivity contribution is 0.260. The number of hydrogen-bond donors (Lipinski definition) is 2. The van der Waals surface area contributed by atoms with E-state index in [1.165, 1.54) is 6.42 Å². The first-order valence-electron chi connectivity index (χ1n) is 7.19. The molecule has 0 saturated heterocycles. The van der Waals surface area contributed by atoms with Crippen LogP contribution < -0.4 is 4.72 Å². The maximum absolute atomic E-state index is 12.4. The van der Waals surface area contributed by atoms with Gasteiger partial charge in [0.05, 0.1) is 11.5 Å². The van der Waals surface area contributed by atoms with E-state index in [1.807, 2.05) is 20.8 Å². The first-order valence-corrected chi connectivity index (χ1v) is 8.67. The predicted molar refractivity (Wildman–Crippen MR) is 77.9 cm³/mol. The van der Waals surface area contributed by atoms with Crippen molar-refractivity contribution in [2.24, 2.45) is 5.92 Å². The van der Waals surface area contributed by atoms with Crippen LogP contribution >= 0.6 is 0 Å². The van der Waals surface area contributed by atoms with Crippen molar-refractivity contribution in [3.05, 3.63) is 18.0 Å². The molecule has 0 radical (unpaired) electrons. The molecule has 2 N–H and O–H groups in total. The molecule has 5 nitrogen and oxygen atoms in total. The molecule has 1 heterocycles. The number of nitrogens with one attached hydrogen (secondary N) is 1. The topological polar surface area (TPSA) is 71.3 Å². The Morgan fingerprint density at radius 3 is 2.45 bits per heavy atom. The van der Waals surface area contributed by atoms with E-state index in [2.05, 4.69) is 4.72 Å². The van der Waals surface area contributed by atoms with Crippen LogP contribution in [0, 0.1) is 5.92 Å². The van der Waals surface area contributed by atoms with Crippen LogP contribution in [0.3, 0.4) is 0 Å². The first kappa shape index (κ1) is 15.5. The van der Waals surface area contributed by atoms with Gasteiger partial charge in [-0.25, -0.2) is 13.1 Å². The minimum absolute atomic E-state index is 0.0336. The van der Waals surface area contributed by atoms with Gasteiger partial charge in [-0.15, -0.1) is 0 Å². The van der Waals surface area contributed by atoms with Gasteiger partial charge in [0.25, 0.3) is 0 Å². The maximum Gasteiger partial charge on any atom is 0.242 e. The van der Waals surface area contributed by atoms with Crippen molar-refractivity contribution >= 4 is 10.0 Å². The molecule has 1 atom stereocenters. The molecule has 0 aliphatic heterocycles. The van der Waals surface area contributed by atoms with Gasteiger partial charge in [-0.1, -0.05) is 6.42 Å². The highest BCUT2D eigenvalue weighted by molar-refractivity contribution is 7.89. The monoisotopic (exact) mass is 300 g/mol. The molecule has 114 valence electrons. The molecule has 1 aromatic rings. The van der Waals surface area contributed by atoms with Crippen molar-refractivity contribution in [1.82, 2.24) is 9.29 Å². The highest BCUT2D eigenvalue weighted by atomic mass is 32.2. The summed E-state index contributed by atoms with van der Waals surface area (Å²) in [5, 5.41) is 9.33. The molecule has 1 aromatic heterocycles. The number of aliphatic hydroxyl groups excluding tert-OH is 1. The third-order valence-electron chi connectivity index (χ3n) is 4.13. The van der Waals surface area contributed by atoms with Gasteiger partial charge >= 0.3 is 0 Å². The number of rotatable bonds is 6. The van der Waals surface area contributed by atoms with Crippen LogP contribution in [-0.2, 0) is 16.6 Å². The average Bonchev–Trinajstić information content (AvgIpc) is 2.70. The SMILES string of the molecule is CC(NS(=O)(=O)c1cc(CO)n(C(C)C)c1)C1CCC1. The molecular weight excluding hydrogens is 276 g/mol. The lowest BCUT2D eigenvalue weighted by atomic mass is 9.81. The standard InChI is InChI=1S/C14H24N2O3S/c1-10(2)16-8-14(7-13(16)9-17)20(18,19)15-11(3)12-5-4-6-12/h7-8,10-12,15,17H,4-6,9H2,1-3H3. The van der Waals surface area contributed by atoms with E-state index in [1.54, 1.807) is 16.8 Å². The minimum atomic E-state index is -3.51. The number of nitrogens with zero attached hydrogens (tertiary/aromatic N) is 1. The van der Waals surface area contributed by atoms with Crippen LogP contribution in [-0.4, -0.2) is 24.1 Å².